The van der Waals surface area contributed by atoms with E-state index in [0.717, 1.165) is 16.7 Å². The number of anilines is 1. The molecule has 0 spiro atoms. The second kappa shape index (κ2) is 7.88. The second-order valence-corrected chi connectivity index (χ2v) is 6.83. The Hall–Kier alpha value is -3.46. The lowest BCUT2D eigenvalue weighted by Crippen LogP contribution is -2.34. The number of ether oxygens (including phenoxy) is 2. The fraction of sp³-hybridized carbons (Fsp3) is 0.300. The van der Waals surface area contributed by atoms with Crippen molar-refractivity contribution in [1.82, 2.24) is 19.9 Å². The highest BCUT2D eigenvalue weighted by Gasteiger charge is 2.17. The van der Waals surface area contributed by atoms with Crippen LogP contribution in [0.5, 0.6) is 11.5 Å². The monoisotopic (exact) mass is 395 g/mol. The van der Waals surface area contributed by atoms with Gasteiger partial charge in [-0.1, -0.05) is 0 Å². The van der Waals surface area contributed by atoms with E-state index in [9.17, 15) is 9.59 Å². The summed E-state index contributed by atoms with van der Waals surface area (Å²) in [5.41, 5.74) is 2.10. The zero-order valence-electron chi connectivity index (χ0n) is 16.1. The number of fused-ring (bicyclic) bond motifs is 2. The average Bonchev–Trinajstić information content (AvgIpc) is 2.73. The zero-order chi connectivity index (χ0) is 20.4. The minimum Gasteiger partial charge on any atom is -0.495 e. The SMILES string of the molecule is COc1cnc2ccc(=O)n(CC(C)NCc3ccc4c(n3)NC(=O)CO4)c2c1. The molecule has 3 aromatic rings. The molecule has 1 unspecified atom stereocenters. The Kier molecular flexibility index (Phi) is 5.13. The molecule has 0 radical (unpaired) electrons. The molecule has 0 aromatic carbocycles. The van der Waals surface area contributed by atoms with Crippen LogP contribution in [0.2, 0.25) is 0 Å². The van der Waals surface area contributed by atoms with Gasteiger partial charge >= 0.3 is 0 Å². The first kappa shape index (κ1) is 18.9. The molecule has 0 saturated heterocycles. The quantitative estimate of drug-likeness (QED) is 0.648. The number of carbonyl (C=O) groups is 1. The topological polar surface area (TPSA) is 107 Å². The summed E-state index contributed by atoms with van der Waals surface area (Å²) in [6.45, 7) is 2.92. The summed E-state index contributed by atoms with van der Waals surface area (Å²) in [7, 11) is 1.57. The van der Waals surface area contributed by atoms with E-state index in [-0.39, 0.29) is 24.1 Å². The highest BCUT2D eigenvalue weighted by atomic mass is 16.5. The van der Waals surface area contributed by atoms with E-state index in [4.69, 9.17) is 9.47 Å². The second-order valence-electron chi connectivity index (χ2n) is 6.83. The van der Waals surface area contributed by atoms with Gasteiger partial charge < -0.3 is 24.7 Å². The van der Waals surface area contributed by atoms with Crippen LogP contribution in [0.15, 0.2) is 41.3 Å². The molecule has 1 amide bonds. The maximum atomic E-state index is 12.4. The van der Waals surface area contributed by atoms with Gasteiger partial charge in [-0.2, -0.15) is 0 Å². The van der Waals surface area contributed by atoms with Crippen molar-refractivity contribution in [2.75, 3.05) is 19.0 Å². The molecule has 0 bridgehead atoms. The van der Waals surface area contributed by atoms with Gasteiger partial charge in [0.25, 0.3) is 11.5 Å². The van der Waals surface area contributed by atoms with Crippen molar-refractivity contribution in [2.45, 2.75) is 26.1 Å². The van der Waals surface area contributed by atoms with Crippen LogP contribution in [0.25, 0.3) is 11.0 Å². The summed E-state index contributed by atoms with van der Waals surface area (Å²) in [5.74, 6) is 1.37. The van der Waals surface area contributed by atoms with E-state index in [1.165, 1.54) is 6.07 Å². The molecule has 29 heavy (non-hydrogen) atoms. The first-order valence-electron chi connectivity index (χ1n) is 9.23. The van der Waals surface area contributed by atoms with Gasteiger partial charge in [0.1, 0.15) is 5.75 Å². The number of aromatic nitrogens is 3. The molecule has 4 heterocycles. The standard InChI is InChI=1S/C20H21N5O4/c1-12(21-8-13-3-5-17-20(23-13)24-18(26)11-29-17)10-25-16-7-14(28-2)9-22-15(16)4-6-19(25)27/h3-7,9,12,21H,8,10-11H2,1-2H3,(H,23,24,26). The molecule has 4 rings (SSSR count). The Bertz CT molecular complexity index is 1130. The van der Waals surface area contributed by atoms with E-state index in [0.29, 0.717) is 30.4 Å². The first-order valence-corrected chi connectivity index (χ1v) is 9.23. The lowest BCUT2D eigenvalue weighted by atomic mass is 10.2. The Balaban J connectivity index is 1.48. The normalized spacial score (nSPS) is 14.1. The summed E-state index contributed by atoms with van der Waals surface area (Å²) in [6.07, 6.45) is 1.63. The maximum Gasteiger partial charge on any atom is 0.263 e. The third-order valence-electron chi connectivity index (χ3n) is 4.67. The van der Waals surface area contributed by atoms with Crippen LogP contribution in [0.4, 0.5) is 5.82 Å². The lowest BCUT2D eigenvalue weighted by molar-refractivity contribution is -0.118. The molecule has 9 heteroatoms. The Morgan fingerprint density at radius 1 is 1.31 bits per heavy atom. The zero-order valence-corrected chi connectivity index (χ0v) is 16.1. The van der Waals surface area contributed by atoms with Crippen molar-refractivity contribution in [2.24, 2.45) is 0 Å². The molecule has 0 saturated carbocycles. The van der Waals surface area contributed by atoms with E-state index in [1.54, 1.807) is 30.0 Å². The fourth-order valence-electron chi connectivity index (χ4n) is 3.17. The van der Waals surface area contributed by atoms with Crippen molar-refractivity contribution in [3.63, 3.8) is 0 Å². The molecule has 1 atom stereocenters. The van der Waals surface area contributed by atoms with Crippen molar-refractivity contribution in [1.29, 1.82) is 0 Å². The summed E-state index contributed by atoms with van der Waals surface area (Å²) in [5, 5.41) is 6.06. The van der Waals surface area contributed by atoms with Gasteiger partial charge in [-0.15, -0.1) is 0 Å². The average molecular weight is 395 g/mol. The van der Waals surface area contributed by atoms with Gasteiger partial charge in [0, 0.05) is 31.3 Å². The van der Waals surface area contributed by atoms with Crippen molar-refractivity contribution >= 4 is 22.8 Å². The maximum absolute atomic E-state index is 12.4. The van der Waals surface area contributed by atoms with Crippen molar-refractivity contribution < 1.29 is 14.3 Å². The van der Waals surface area contributed by atoms with Crippen LogP contribution < -0.4 is 25.7 Å². The molecule has 1 aliphatic heterocycles. The molecule has 2 N–H and O–H groups in total. The molecule has 150 valence electrons. The minimum absolute atomic E-state index is 0.00272. The van der Waals surface area contributed by atoms with Crippen LogP contribution in [0.1, 0.15) is 12.6 Å². The van der Waals surface area contributed by atoms with Crippen LogP contribution >= 0.6 is 0 Å². The third-order valence-corrected chi connectivity index (χ3v) is 4.67. The number of nitrogens with one attached hydrogen (secondary N) is 2. The summed E-state index contributed by atoms with van der Waals surface area (Å²) < 4.78 is 12.2. The number of carbonyl (C=O) groups excluding carboxylic acids is 1. The molecule has 1 aliphatic rings. The summed E-state index contributed by atoms with van der Waals surface area (Å²) >= 11 is 0. The Morgan fingerprint density at radius 3 is 3.00 bits per heavy atom. The van der Waals surface area contributed by atoms with Crippen molar-refractivity contribution in [3.8, 4) is 11.5 Å². The molecule has 0 aliphatic carbocycles. The fourth-order valence-corrected chi connectivity index (χ4v) is 3.17. The van der Waals surface area contributed by atoms with Gasteiger partial charge in [-0.3, -0.25) is 14.6 Å². The van der Waals surface area contributed by atoms with Crippen molar-refractivity contribution in [3.05, 3.63) is 52.6 Å². The lowest BCUT2D eigenvalue weighted by Gasteiger charge is -2.19. The Morgan fingerprint density at radius 2 is 2.17 bits per heavy atom. The molecular formula is C20H21N5O4. The van der Waals surface area contributed by atoms with E-state index in [2.05, 4.69) is 20.6 Å². The van der Waals surface area contributed by atoms with Crippen LogP contribution in [0.3, 0.4) is 0 Å². The number of hydrogen-bond acceptors (Lipinski definition) is 7. The molecular weight excluding hydrogens is 374 g/mol. The number of hydrogen-bond donors (Lipinski definition) is 2. The minimum atomic E-state index is -0.220. The highest BCUT2D eigenvalue weighted by molar-refractivity contribution is 5.94. The summed E-state index contributed by atoms with van der Waals surface area (Å²) in [6, 6.07) is 8.64. The number of amides is 1. The molecule has 0 fully saturated rings. The molecule has 9 nitrogen and oxygen atoms in total. The van der Waals surface area contributed by atoms with Crippen LogP contribution in [-0.4, -0.2) is 40.2 Å². The van der Waals surface area contributed by atoms with Gasteiger partial charge in [-0.05, 0) is 25.1 Å². The third kappa shape index (κ3) is 4.04. The van der Waals surface area contributed by atoms with E-state index >= 15 is 0 Å². The smallest absolute Gasteiger partial charge is 0.263 e. The number of nitrogens with zero attached hydrogens (tertiary/aromatic N) is 3. The van der Waals surface area contributed by atoms with Gasteiger partial charge in [-0.25, -0.2) is 4.98 Å². The van der Waals surface area contributed by atoms with Gasteiger partial charge in [0.15, 0.2) is 18.2 Å². The number of rotatable bonds is 6. The largest absolute Gasteiger partial charge is 0.495 e. The number of methoxy groups -OCH3 is 1. The molecule has 3 aromatic heterocycles. The summed E-state index contributed by atoms with van der Waals surface area (Å²) in [4.78, 5) is 32.6. The van der Waals surface area contributed by atoms with E-state index < -0.39 is 0 Å². The highest BCUT2D eigenvalue weighted by Crippen LogP contribution is 2.25. The van der Waals surface area contributed by atoms with Gasteiger partial charge in [0.2, 0.25) is 0 Å². The number of pyridine rings is 3. The first-order chi connectivity index (χ1) is 14.0. The Labute approximate surface area is 166 Å². The predicted octanol–water partition coefficient (Wildman–Crippen LogP) is 1.31. The predicted molar refractivity (Wildman–Crippen MR) is 107 cm³/mol. The van der Waals surface area contributed by atoms with E-state index in [1.807, 2.05) is 19.1 Å². The van der Waals surface area contributed by atoms with Gasteiger partial charge in [0.05, 0.1) is 30.0 Å². The van der Waals surface area contributed by atoms with Crippen LogP contribution in [0, 0.1) is 0 Å². The van der Waals surface area contributed by atoms with Crippen LogP contribution in [-0.2, 0) is 17.9 Å².